The van der Waals surface area contributed by atoms with Crippen molar-refractivity contribution >= 4 is 23.6 Å². The van der Waals surface area contributed by atoms with Crippen molar-refractivity contribution in [2.75, 3.05) is 5.32 Å². The van der Waals surface area contributed by atoms with E-state index < -0.39 is 30.1 Å². The Labute approximate surface area is 218 Å². The summed E-state index contributed by atoms with van der Waals surface area (Å²) in [6.45, 7) is 0.343. The average molecular weight is 514 g/mol. The summed E-state index contributed by atoms with van der Waals surface area (Å²) < 4.78 is 24.1. The number of ether oxygens (including phenoxy) is 1. The molecule has 3 amide bonds. The zero-order valence-electron chi connectivity index (χ0n) is 20.2. The maximum Gasteiger partial charge on any atom is 0.411 e. The molecule has 1 aliphatic heterocycles. The number of cyclic esters (lactones) is 1. The SMILES string of the molecule is O=C(Nc1ccc([C@@H]2OC(=O)N(Cc3ccccc3)[C@@H]2C(=O)NCc2ccc(F)cc2)cc1)c1ccco1. The highest BCUT2D eigenvalue weighted by atomic mass is 19.1. The molecule has 4 aromatic rings. The predicted molar refractivity (Wildman–Crippen MR) is 136 cm³/mol. The summed E-state index contributed by atoms with van der Waals surface area (Å²) in [5.74, 6) is -1.00. The van der Waals surface area contributed by atoms with Gasteiger partial charge in [0.05, 0.1) is 12.8 Å². The number of hydrogen-bond donors (Lipinski definition) is 2. The highest BCUT2D eigenvalue weighted by Gasteiger charge is 2.46. The van der Waals surface area contributed by atoms with Crippen LogP contribution >= 0.6 is 0 Å². The van der Waals surface area contributed by atoms with Crippen LogP contribution in [0.15, 0.2) is 102 Å². The zero-order valence-corrected chi connectivity index (χ0v) is 20.2. The van der Waals surface area contributed by atoms with Gasteiger partial charge in [0, 0.05) is 12.2 Å². The van der Waals surface area contributed by atoms with Crippen LogP contribution in [0.25, 0.3) is 0 Å². The van der Waals surface area contributed by atoms with Gasteiger partial charge >= 0.3 is 6.09 Å². The number of nitrogens with zero attached hydrogens (tertiary/aromatic N) is 1. The summed E-state index contributed by atoms with van der Waals surface area (Å²) in [7, 11) is 0. The smallest absolute Gasteiger partial charge is 0.411 e. The maximum atomic E-state index is 13.4. The van der Waals surface area contributed by atoms with E-state index in [2.05, 4.69) is 10.6 Å². The number of halogens is 1. The minimum atomic E-state index is -0.952. The molecule has 2 atom stereocenters. The molecule has 0 unspecified atom stereocenters. The van der Waals surface area contributed by atoms with E-state index in [0.717, 1.165) is 5.56 Å². The van der Waals surface area contributed by atoms with E-state index in [1.54, 1.807) is 48.5 Å². The van der Waals surface area contributed by atoms with Crippen LogP contribution in [0.3, 0.4) is 0 Å². The van der Waals surface area contributed by atoms with Crippen LogP contribution in [0.1, 0.15) is 33.3 Å². The quantitative estimate of drug-likeness (QED) is 0.343. The van der Waals surface area contributed by atoms with Crippen molar-refractivity contribution in [3.05, 3.63) is 126 Å². The fourth-order valence-electron chi connectivity index (χ4n) is 4.24. The second kappa shape index (κ2) is 11.0. The average Bonchev–Trinajstić information content (AvgIpc) is 3.58. The van der Waals surface area contributed by atoms with Gasteiger partial charge in [0.25, 0.3) is 5.91 Å². The molecule has 9 heteroatoms. The van der Waals surface area contributed by atoms with Crippen LogP contribution in [0.5, 0.6) is 0 Å². The van der Waals surface area contributed by atoms with Crippen molar-refractivity contribution in [1.82, 2.24) is 10.2 Å². The highest BCUT2D eigenvalue weighted by molar-refractivity contribution is 6.02. The van der Waals surface area contributed by atoms with Crippen molar-refractivity contribution in [3.63, 3.8) is 0 Å². The Kier molecular flexibility index (Phi) is 7.17. The van der Waals surface area contributed by atoms with E-state index in [1.165, 1.54) is 23.3 Å². The minimum absolute atomic E-state index is 0.160. The summed E-state index contributed by atoms with van der Waals surface area (Å²) in [5, 5.41) is 5.58. The third-order valence-corrected chi connectivity index (χ3v) is 6.17. The zero-order chi connectivity index (χ0) is 26.5. The predicted octanol–water partition coefficient (Wildman–Crippen LogP) is 5.05. The Morgan fingerprint density at radius 2 is 1.61 bits per heavy atom. The van der Waals surface area contributed by atoms with Crippen molar-refractivity contribution < 1.29 is 27.9 Å². The topological polar surface area (TPSA) is 101 Å². The molecule has 0 spiro atoms. The molecule has 0 bridgehead atoms. The lowest BCUT2D eigenvalue weighted by Gasteiger charge is -2.24. The first-order valence-electron chi connectivity index (χ1n) is 12.0. The van der Waals surface area contributed by atoms with E-state index in [9.17, 15) is 18.8 Å². The third-order valence-electron chi connectivity index (χ3n) is 6.17. The second-order valence-electron chi connectivity index (χ2n) is 8.76. The number of rotatable bonds is 8. The number of amides is 3. The Morgan fingerprint density at radius 1 is 0.868 bits per heavy atom. The number of hydrogen-bond acceptors (Lipinski definition) is 5. The van der Waals surface area contributed by atoms with Crippen molar-refractivity contribution in [1.29, 1.82) is 0 Å². The molecule has 3 aromatic carbocycles. The van der Waals surface area contributed by atoms with E-state index in [4.69, 9.17) is 9.15 Å². The molecule has 8 nitrogen and oxygen atoms in total. The van der Waals surface area contributed by atoms with Crippen LogP contribution in [-0.2, 0) is 22.6 Å². The summed E-state index contributed by atoms with van der Waals surface area (Å²) >= 11 is 0. The number of furan rings is 1. The Hall–Kier alpha value is -4.92. The van der Waals surface area contributed by atoms with Crippen molar-refractivity contribution in [3.8, 4) is 0 Å². The molecule has 1 fully saturated rings. The van der Waals surface area contributed by atoms with Gasteiger partial charge in [-0.25, -0.2) is 9.18 Å². The van der Waals surface area contributed by atoms with Gasteiger partial charge in [0.15, 0.2) is 17.9 Å². The van der Waals surface area contributed by atoms with Gasteiger partial charge in [-0.1, -0.05) is 54.6 Å². The maximum absolute atomic E-state index is 13.4. The first kappa shape index (κ1) is 24.8. The lowest BCUT2D eigenvalue weighted by atomic mass is 10.00. The molecule has 38 heavy (non-hydrogen) atoms. The standard InChI is InChI=1S/C29H24FN3O5/c30-22-12-8-19(9-13-22)17-31-28(35)25-26(38-29(36)33(25)18-20-5-2-1-3-6-20)21-10-14-23(15-11-21)32-27(34)24-7-4-16-37-24/h1-16,25-26H,17-18H2,(H,31,35)(H,32,34)/t25-,26-/m0/s1. The lowest BCUT2D eigenvalue weighted by molar-refractivity contribution is -0.126. The Bertz CT molecular complexity index is 1410. The Morgan fingerprint density at radius 3 is 2.29 bits per heavy atom. The molecule has 1 saturated heterocycles. The fourth-order valence-corrected chi connectivity index (χ4v) is 4.24. The van der Waals surface area contributed by atoms with Crippen molar-refractivity contribution in [2.45, 2.75) is 25.2 Å². The third kappa shape index (κ3) is 5.57. The number of anilines is 1. The molecular formula is C29H24FN3O5. The van der Waals surface area contributed by atoms with Gasteiger partial charge in [-0.3, -0.25) is 14.5 Å². The van der Waals surface area contributed by atoms with E-state index in [1.807, 2.05) is 30.3 Å². The molecule has 5 rings (SSSR count). The van der Waals surface area contributed by atoms with Crippen LogP contribution in [-0.4, -0.2) is 28.8 Å². The monoisotopic (exact) mass is 513 g/mol. The molecular weight excluding hydrogens is 489 g/mol. The lowest BCUT2D eigenvalue weighted by Crippen LogP contribution is -2.46. The highest BCUT2D eigenvalue weighted by Crippen LogP contribution is 2.34. The summed E-state index contributed by atoms with van der Waals surface area (Å²) in [5.41, 5.74) is 2.66. The first-order chi connectivity index (χ1) is 18.5. The van der Waals surface area contributed by atoms with E-state index >= 15 is 0 Å². The van der Waals surface area contributed by atoms with E-state index in [-0.39, 0.29) is 24.7 Å². The molecule has 192 valence electrons. The van der Waals surface area contributed by atoms with Crippen LogP contribution in [0.2, 0.25) is 0 Å². The second-order valence-corrected chi connectivity index (χ2v) is 8.76. The fraction of sp³-hybridized carbons (Fsp3) is 0.138. The van der Waals surface area contributed by atoms with Gasteiger partial charge in [-0.05, 0) is 53.1 Å². The number of nitrogens with one attached hydrogen (secondary N) is 2. The summed E-state index contributed by atoms with van der Waals surface area (Å²) in [6.07, 6.45) is -0.0835. The number of carbonyl (C=O) groups is 3. The molecule has 1 aliphatic rings. The number of benzene rings is 3. The van der Waals surface area contributed by atoms with Crippen LogP contribution in [0.4, 0.5) is 14.9 Å². The van der Waals surface area contributed by atoms with Gasteiger partial charge < -0.3 is 19.8 Å². The molecule has 0 saturated carbocycles. The molecule has 0 radical (unpaired) electrons. The molecule has 0 aliphatic carbocycles. The van der Waals surface area contributed by atoms with Gasteiger partial charge in [-0.15, -0.1) is 0 Å². The van der Waals surface area contributed by atoms with Gasteiger partial charge in [-0.2, -0.15) is 0 Å². The largest absolute Gasteiger partial charge is 0.459 e. The van der Waals surface area contributed by atoms with Crippen LogP contribution < -0.4 is 10.6 Å². The molecule has 1 aromatic heterocycles. The summed E-state index contributed by atoms with van der Waals surface area (Å²) in [6, 6.07) is 24.1. The summed E-state index contributed by atoms with van der Waals surface area (Å²) in [4.78, 5) is 40.0. The van der Waals surface area contributed by atoms with Gasteiger partial charge in [0.2, 0.25) is 5.91 Å². The minimum Gasteiger partial charge on any atom is -0.459 e. The number of carbonyl (C=O) groups excluding carboxylic acids is 3. The normalized spacial score (nSPS) is 16.7. The van der Waals surface area contributed by atoms with E-state index in [0.29, 0.717) is 16.8 Å². The first-order valence-corrected chi connectivity index (χ1v) is 12.0. The Balaban J connectivity index is 1.36. The molecule has 2 heterocycles. The van der Waals surface area contributed by atoms with Crippen LogP contribution in [0, 0.1) is 5.82 Å². The van der Waals surface area contributed by atoms with Crippen molar-refractivity contribution in [2.24, 2.45) is 0 Å². The van der Waals surface area contributed by atoms with Gasteiger partial charge in [0.1, 0.15) is 5.82 Å². The molecule has 2 N–H and O–H groups in total.